The molecule has 2 aliphatic heterocycles. The molecule has 0 spiro atoms. The Morgan fingerprint density at radius 3 is 2.35 bits per heavy atom. The Hall–Kier alpha value is -3.28. The summed E-state index contributed by atoms with van der Waals surface area (Å²) in [5, 5.41) is 12.9. The van der Waals surface area contributed by atoms with Gasteiger partial charge in [0.1, 0.15) is 0 Å². The summed E-state index contributed by atoms with van der Waals surface area (Å²) < 4.78 is 42.6. The van der Waals surface area contributed by atoms with Gasteiger partial charge >= 0.3 is 0 Å². The van der Waals surface area contributed by atoms with Crippen LogP contribution in [0.1, 0.15) is 95.3 Å². The molecule has 1 saturated carbocycles. The third-order valence-corrected chi connectivity index (χ3v) is 11.7. The van der Waals surface area contributed by atoms with Gasteiger partial charge in [-0.3, -0.25) is 14.4 Å². The molecule has 0 unspecified atom stereocenters. The van der Waals surface area contributed by atoms with E-state index in [9.17, 15) is 18.3 Å². The number of rotatable bonds is 9. The van der Waals surface area contributed by atoms with E-state index in [1.807, 2.05) is 51.1 Å². The smallest absolute Gasteiger partial charge is 0.261 e. The second-order valence-corrected chi connectivity index (χ2v) is 16.7. The molecule has 7 atom stereocenters. The highest BCUT2D eigenvalue weighted by Gasteiger charge is 2.46. The number of hydrogen-bond acceptors (Lipinski definition) is 7. The van der Waals surface area contributed by atoms with E-state index < -0.39 is 16.3 Å². The van der Waals surface area contributed by atoms with Crippen LogP contribution in [0.25, 0.3) is 0 Å². The number of nitrogens with one attached hydrogen (secondary N) is 2. The largest absolute Gasteiger partial charge is 0.392 e. The van der Waals surface area contributed by atoms with E-state index in [0.717, 1.165) is 36.8 Å². The van der Waals surface area contributed by atoms with E-state index >= 15 is 0 Å². The number of sulfonamides is 1. The second kappa shape index (κ2) is 14.9. The lowest BCUT2D eigenvalue weighted by Gasteiger charge is -2.51. The molecule has 3 fully saturated rings. The average Bonchev–Trinajstić information content (AvgIpc) is 3.09. The number of carbonyl (C=O) groups excluding carboxylic acids is 1. The van der Waals surface area contributed by atoms with Crippen molar-refractivity contribution < 1.29 is 27.8 Å². The minimum Gasteiger partial charge on any atom is -0.392 e. The van der Waals surface area contributed by atoms with Gasteiger partial charge in [0, 0.05) is 35.3 Å². The van der Waals surface area contributed by atoms with Gasteiger partial charge in [0.25, 0.3) is 10.0 Å². The van der Waals surface area contributed by atoms with E-state index in [-0.39, 0.29) is 47.1 Å². The number of fused-ring (bicyclic) bond motifs is 1. The molecule has 2 saturated heterocycles. The predicted octanol–water partition coefficient (Wildman–Crippen LogP) is 6.71. The van der Waals surface area contributed by atoms with Crippen LogP contribution >= 0.6 is 0 Å². The molecule has 10 heteroatoms. The van der Waals surface area contributed by atoms with Crippen LogP contribution in [-0.4, -0.2) is 54.6 Å². The Labute approximate surface area is 291 Å². The van der Waals surface area contributed by atoms with Crippen molar-refractivity contribution in [1.29, 1.82) is 0 Å². The van der Waals surface area contributed by atoms with Gasteiger partial charge < -0.3 is 19.9 Å². The molecule has 264 valence electrons. The molecular weight excluding hydrogens is 639 g/mol. The van der Waals surface area contributed by atoms with Gasteiger partial charge in [-0.05, 0) is 87.8 Å². The Bertz CT molecular complexity index is 1680. The fourth-order valence-electron chi connectivity index (χ4n) is 7.83. The number of carbonyl (C=O) groups is 1. The third kappa shape index (κ3) is 8.37. The van der Waals surface area contributed by atoms with E-state index in [0.29, 0.717) is 29.8 Å². The molecule has 49 heavy (non-hydrogen) atoms. The summed E-state index contributed by atoms with van der Waals surface area (Å²) in [6.45, 7) is 8.75. The molecule has 3 N–H and O–H groups in total. The van der Waals surface area contributed by atoms with Gasteiger partial charge in [-0.15, -0.1) is 0 Å². The fraction of sp³-hybridized carbons (Fsp3) is 0.513. The zero-order valence-electron chi connectivity index (χ0n) is 29.0. The van der Waals surface area contributed by atoms with Crippen molar-refractivity contribution in [1.82, 2.24) is 10.2 Å². The zero-order valence-corrected chi connectivity index (χ0v) is 29.9. The van der Waals surface area contributed by atoms with Crippen molar-refractivity contribution in [3.8, 4) is 0 Å². The summed E-state index contributed by atoms with van der Waals surface area (Å²) in [6.07, 6.45) is 5.13. The van der Waals surface area contributed by atoms with Crippen molar-refractivity contribution in [3.63, 3.8) is 0 Å². The number of amides is 1. The minimum atomic E-state index is -3.80. The average molecular weight is 690 g/mol. The molecule has 1 amide bonds. The van der Waals surface area contributed by atoms with Crippen LogP contribution in [0.15, 0.2) is 83.8 Å². The molecule has 6 rings (SSSR count). The lowest BCUT2D eigenvalue weighted by molar-refractivity contribution is -0.278. The SMILES string of the molecule is C[C@@H]1[C@H](CN2[C@@H](C(=O)NC(C)(C)C)CC[C@H]3CCCC[C@H]32)O[C@H](c2cccc(NS(=O)(=O)c3ccccc3)c2)O[C@@H]1c1ccc(CO)cc1. The van der Waals surface area contributed by atoms with Crippen LogP contribution in [0.3, 0.4) is 0 Å². The first kappa shape index (κ1) is 35.5. The van der Waals surface area contributed by atoms with E-state index in [1.54, 1.807) is 48.5 Å². The molecule has 0 radical (unpaired) electrons. The highest BCUT2D eigenvalue weighted by atomic mass is 32.2. The second-order valence-electron chi connectivity index (χ2n) is 15.0. The molecule has 0 bridgehead atoms. The quantitative estimate of drug-likeness (QED) is 0.229. The Balaban J connectivity index is 1.32. The molecule has 1 aliphatic carbocycles. The number of aliphatic hydroxyl groups is 1. The van der Waals surface area contributed by atoms with E-state index in [1.165, 1.54) is 12.8 Å². The molecule has 3 aromatic rings. The van der Waals surface area contributed by atoms with Gasteiger partial charge in [-0.1, -0.05) is 74.4 Å². The van der Waals surface area contributed by atoms with Crippen molar-refractivity contribution in [2.75, 3.05) is 11.3 Å². The highest BCUT2D eigenvalue weighted by molar-refractivity contribution is 7.92. The maximum absolute atomic E-state index is 13.8. The van der Waals surface area contributed by atoms with E-state index in [2.05, 4.69) is 21.9 Å². The lowest BCUT2D eigenvalue weighted by atomic mass is 9.75. The Morgan fingerprint density at radius 1 is 0.898 bits per heavy atom. The maximum Gasteiger partial charge on any atom is 0.261 e. The number of hydrogen-bond donors (Lipinski definition) is 3. The summed E-state index contributed by atoms with van der Waals surface area (Å²) in [5.74, 6) is 0.572. The number of aliphatic hydroxyl groups excluding tert-OH is 1. The summed E-state index contributed by atoms with van der Waals surface area (Å²) in [7, 11) is -3.80. The standard InChI is InChI=1S/C39H51N3O6S/c1-26-35(24-42-33-16-9-8-11-28(33)21-22-34(42)37(44)40-39(2,3)4)47-38(48-36(26)29-19-17-27(25-43)18-20-29)30-12-10-13-31(23-30)41-49(45,46)32-14-6-5-7-15-32/h5-7,10,12-15,17-20,23,26,28,33-36,38,41,43H,8-9,11,16,21-22,24-25H2,1-4H3,(H,40,44)/t26-,28-,33-,34-,35+,36+,38+/m1/s1. The number of piperidine rings is 1. The molecule has 0 aromatic heterocycles. The number of benzene rings is 3. The van der Waals surface area contributed by atoms with Crippen LogP contribution in [0, 0.1) is 11.8 Å². The summed E-state index contributed by atoms with van der Waals surface area (Å²) >= 11 is 0. The van der Waals surface area contributed by atoms with Crippen LogP contribution in [0.2, 0.25) is 0 Å². The molecule has 2 heterocycles. The first-order chi connectivity index (χ1) is 23.4. The van der Waals surface area contributed by atoms with Gasteiger partial charge in [0.05, 0.1) is 29.8 Å². The number of ether oxygens (including phenoxy) is 2. The topological polar surface area (TPSA) is 117 Å². The Morgan fingerprint density at radius 2 is 1.63 bits per heavy atom. The van der Waals surface area contributed by atoms with Crippen LogP contribution in [-0.2, 0) is 30.9 Å². The van der Waals surface area contributed by atoms with Crippen molar-refractivity contribution in [2.24, 2.45) is 11.8 Å². The fourth-order valence-corrected chi connectivity index (χ4v) is 8.90. The normalized spacial score (nSPS) is 28.0. The number of anilines is 1. The molecule has 3 aromatic carbocycles. The highest BCUT2D eigenvalue weighted by Crippen LogP contribution is 2.44. The maximum atomic E-state index is 13.8. The predicted molar refractivity (Wildman–Crippen MR) is 190 cm³/mol. The minimum absolute atomic E-state index is 0.0447. The van der Waals surface area contributed by atoms with Gasteiger partial charge in [-0.25, -0.2) is 8.42 Å². The number of likely N-dealkylation sites (tertiary alicyclic amines) is 1. The zero-order chi connectivity index (χ0) is 34.8. The molecule has 9 nitrogen and oxygen atoms in total. The van der Waals surface area contributed by atoms with Crippen molar-refractivity contribution in [3.05, 3.63) is 95.6 Å². The van der Waals surface area contributed by atoms with Crippen molar-refractivity contribution in [2.45, 2.75) is 114 Å². The van der Waals surface area contributed by atoms with Gasteiger partial charge in [-0.2, -0.15) is 0 Å². The molecular formula is C39H51N3O6S. The third-order valence-electron chi connectivity index (χ3n) is 10.3. The monoisotopic (exact) mass is 689 g/mol. The number of nitrogens with zero attached hydrogens (tertiary/aromatic N) is 1. The summed E-state index contributed by atoms with van der Waals surface area (Å²) in [6, 6.07) is 23.3. The van der Waals surface area contributed by atoms with Gasteiger partial charge in [0.2, 0.25) is 5.91 Å². The first-order valence-corrected chi connectivity index (χ1v) is 19.2. The Kier molecular flexibility index (Phi) is 10.8. The van der Waals surface area contributed by atoms with Crippen molar-refractivity contribution >= 4 is 21.6 Å². The van der Waals surface area contributed by atoms with Gasteiger partial charge in [0.15, 0.2) is 6.29 Å². The van der Waals surface area contributed by atoms with E-state index in [4.69, 9.17) is 9.47 Å². The van der Waals surface area contributed by atoms with Crippen LogP contribution in [0.4, 0.5) is 5.69 Å². The first-order valence-electron chi connectivity index (χ1n) is 17.7. The van der Waals surface area contributed by atoms with Crippen LogP contribution in [0.5, 0.6) is 0 Å². The summed E-state index contributed by atoms with van der Waals surface area (Å²) in [4.78, 5) is 16.4. The summed E-state index contributed by atoms with van der Waals surface area (Å²) in [5.41, 5.74) is 2.56. The van der Waals surface area contributed by atoms with Crippen LogP contribution < -0.4 is 10.0 Å². The molecule has 3 aliphatic rings. The lowest BCUT2D eigenvalue weighted by Crippen LogP contribution is -2.61.